The van der Waals surface area contributed by atoms with E-state index in [9.17, 15) is 9.18 Å². The van der Waals surface area contributed by atoms with Crippen LogP contribution in [0.1, 0.15) is 18.4 Å². The number of aromatic nitrogens is 3. The van der Waals surface area contributed by atoms with Crippen molar-refractivity contribution in [2.24, 2.45) is 11.8 Å². The fourth-order valence-corrected chi connectivity index (χ4v) is 4.90. The average Bonchev–Trinajstić information content (AvgIpc) is 3.27. The lowest BCUT2D eigenvalue weighted by Crippen LogP contribution is -2.57. The zero-order valence-electron chi connectivity index (χ0n) is 17.3. The number of carbonyl (C=O) groups is 1. The monoisotopic (exact) mass is 419 g/mol. The van der Waals surface area contributed by atoms with E-state index in [1.807, 2.05) is 41.2 Å². The van der Waals surface area contributed by atoms with Gasteiger partial charge in [0.2, 0.25) is 5.91 Å². The summed E-state index contributed by atoms with van der Waals surface area (Å²) in [5.74, 6) is 0.367. The summed E-state index contributed by atoms with van der Waals surface area (Å²) in [6.45, 7) is 3.16. The maximum Gasteiger partial charge on any atom is 0.224 e. The van der Waals surface area contributed by atoms with Crippen LogP contribution in [0, 0.1) is 17.7 Å². The van der Waals surface area contributed by atoms with Crippen molar-refractivity contribution in [1.82, 2.24) is 25.2 Å². The minimum atomic E-state index is -0.260. The van der Waals surface area contributed by atoms with Crippen LogP contribution in [0.25, 0.3) is 11.3 Å². The fourth-order valence-electron chi connectivity index (χ4n) is 4.90. The van der Waals surface area contributed by atoms with Crippen molar-refractivity contribution in [3.05, 3.63) is 72.2 Å². The van der Waals surface area contributed by atoms with Crippen LogP contribution in [-0.4, -0.2) is 44.9 Å². The molecular formula is C24H26FN5O. The third-order valence-corrected chi connectivity index (χ3v) is 6.60. The summed E-state index contributed by atoms with van der Waals surface area (Å²) in [5.41, 5.74) is 2.72. The number of nitrogens with zero attached hydrogens (tertiary/aromatic N) is 4. The number of nitrogens with one attached hydrogen (secondary N) is 1. The Kier molecular flexibility index (Phi) is 5.51. The van der Waals surface area contributed by atoms with E-state index < -0.39 is 0 Å². The van der Waals surface area contributed by atoms with Crippen molar-refractivity contribution in [3.63, 3.8) is 0 Å². The number of hydrogen-bond acceptors (Lipinski definition) is 4. The van der Waals surface area contributed by atoms with E-state index in [4.69, 9.17) is 0 Å². The molecule has 1 amide bonds. The van der Waals surface area contributed by atoms with Gasteiger partial charge in [-0.25, -0.2) is 4.39 Å². The third-order valence-electron chi connectivity index (χ3n) is 6.60. The second-order valence-electron chi connectivity index (χ2n) is 8.58. The Morgan fingerprint density at radius 3 is 2.68 bits per heavy atom. The summed E-state index contributed by atoms with van der Waals surface area (Å²) in [6, 6.07) is 16.7. The van der Waals surface area contributed by atoms with Gasteiger partial charge in [0.05, 0.1) is 18.7 Å². The maximum atomic E-state index is 13.2. The molecule has 7 heteroatoms. The van der Waals surface area contributed by atoms with Gasteiger partial charge in [0.1, 0.15) is 11.5 Å². The fraction of sp³-hybridized carbons (Fsp3) is 0.375. The summed E-state index contributed by atoms with van der Waals surface area (Å²) in [7, 11) is 0. The van der Waals surface area contributed by atoms with Crippen LogP contribution in [-0.2, 0) is 17.9 Å². The van der Waals surface area contributed by atoms with Gasteiger partial charge in [-0.2, -0.15) is 0 Å². The Morgan fingerprint density at radius 1 is 1.13 bits per heavy atom. The van der Waals surface area contributed by atoms with Gasteiger partial charge >= 0.3 is 0 Å². The number of halogens is 1. The standard InChI is InChI=1S/C24H26FN5O/c25-20-8-6-18(7-9-20)23-16-30(28-27-23)14-21-12-19-10-11-29(21)15-22(19)24(31)26-13-17-4-2-1-3-5-17/h1-9,16,19,21-22H,10-15H2,(H,26,31)/t19-,21-,22-/m1/s1. The normalized spacial score (nSPS) is 24.8. The lowest BCUT2D eigenvalue weighted by atomic mass is 9.75. The van der Waals surface area contributed by atoms with Crippen LogP contribution < -0.4 is 5.32 Å². The van der Waals surface area contributed by atoms with E-state index in [0.29, 0.717) is 18.5 Å². The Hall–Kier alpha value is -3.06. The molecule has 0 radical (unpaired) electrons. The van der Waals surface area contributed by atoms with E-state index in [1.165, 1.54) is 12.1 Å². The smallest absolute Gasteiger partial charge is 0.224 e. The largest absolute Gasteiger partial charge is 0.352 e. The van der Waals surface area contributed by atoms with Gasteiger partial charge in [-0.1, -0.05) is 35.5 Å². The van der Waals surface area contributed by atoms with E-state index in [0.717, 1.165) is 49.3 Å². The summed E-state index contributed by atoms with van der Waals surface area (Å²) in [6.07, 6.45) is 3.98. The Balaban J connectivity index is 1.18. The quantitative estimate of drug-likeness (QED) is 0.667. The number of amides is 1. The molecule has 3 fully saturated rings. The predicted octanol–water partition coefficient (Wildman–Crippen LogP) is 3.11. The minimum Gasteiger partial charge on any atom is -0.352 e. The molecule has 4 heterocycles. The topological polar surface area (TPSA) is 63.1 Å². The van der Waals surface area contributed by atoms with Crippen LogP contribution in [0.4, 0.5) is 4.39 Å². The van der Waals surface area contributed by atoms with Gasteiger partial charge in [-0.15, -0.1) is 5.10 Å². The first-order chi connectivity index (χ1) is 15.2. The zero-order chi connectivity index (χ0) is 21.2. The highest BCUT2D eigenvalue weighted by Crippen LogP contribution is 2.37. The van der Waals surface area contributed by atoms with Gasteiger partial charge in [-0.3, -0.25) is 14.4 Å². The first kappa shape index (κ1) is 19.9. The molecule has 31 heavy (non-hydrogen) atoms. The Labute approximate surface area is 181 Å². The second kappa shape index (κ2) is 8.59. The molecule has 4 atom stereocenters. The number of hydrogen-bond donors (Lipinski definition) is 1. The van der Waals surface area contributed by atoms with Gasteiger partial charge in [0.15, 0.2) is 0 Å². The number of piperidine rings is 3. The molecular weight excluding hydrogens is 393 g/mol. The van der Waals surface area contributed by atoms with Crippen molar-refractivity contribution >= 4 is 5.91 Å². The number of carbonyl (C=O) groups excluding carboxylic acids is 1. The molecule has 2 aromatic carbocycles. The van der Waals surface area contributed by atoms with Crippen LogP contribution in [0.3, 0.4) is 0 Å². The number of benzene rings is 2. The first-order valence-electron chi connectivity index (χ1n) is 10.9. The minimum absolute atomic E-state index is 0.0548. The molecule has 3 aliphatic heterocycles. The summed E-state index contributed by atoms with van der Waals surface area (Å²) < 4.78 is 15.0. The molecule has 2 bridgehead atoms. The number of rotatable bonds is 6. The van der Waals surface area contributed by atoms with Gasteiger partial charge < -0.3 is 5.32 Å². The predicted molar refractivity (Wildman–Crippen MR) is 115 cm³/mol. The molecule has 6 rings (SSSR count). The van der Waals surface area contributed by atoms with E-state index >= 15 is 0 Å². The maximum absolute atomic E-state index is 13.2. The van der Waals surface area contributed by atoms with Gasteiger partial charge in [0, 0.05) is 24.7 Å². The van der Waals surface area contributed by atoms with Crippen molar-refractivity contribution in [2.75, 3.05) is 13.1 Å². The van der Waals surface area contributed by atoms with Crippen molar-refractivity contribution < 1.29 is 9.18 Å². The van der Waals surface area contributed by atoms with Crippen LogP contribution in [0.15, 0.2) is 60.8 Å². The van der Waals surface area contributed by atoms with Crippen LogP contribution in [0.5, 0.6) is 0 Å². The highest BCUT2D eigenvalue weighted by atomic mass is 19.1. The lowest BCUT2D eigenvalue weighted by molar-refractivity contribution is -0.133. The van der Waals surface area contributed by atoms with Crippen LogP contribution >= 0.6 is 0 Å². The van der Waals surface area contributed by atoms with Gasteiger partial charge in [-0.05, 0) is 55.1 Å². The molecule has 1 N–H and O–H groups in total. The summed E-state index contributed by atoms with van der Waals surface area (Å²) in [4.78, 5) is 15.2. The van der Waals surface area contributed by atoms with E-state index in [-0.39, 0.29) is 17.6 Å². The molecule has 3 aromatic rings. The van der Waals surface area contributed by atoms with E-state index in [1.54, 1.807) is 12.1 Å². The molecule has 0 spiro atoms. The highest BCUT2D eigenvalue weighted by Gasteiger charge is 2.43. The molecule has 3 aliphatic rings. The summed E-state index contributed by atoms with van der Waals surface area (Å²) in [5, 5.41) is 11.6. The third kappa shape index (κ3) is 4.37. The molecule has 1 aromatic heterocycles. The summed E-state index contributed by atoms with van der Waals surface area (Å²) >= 11 is 0. The number of fused-ring (bicyclic) bond motifs is 3. The SMILES string of the molecule is O=C(NCc1ccccc1)[C@@H]1CN2CC[C@@H]1C[C@@H]2Cn1cc(-c2ccc(F)cc2)nn1. The molecule has 160 valence electrons. The second-order valence-corrected chi connectivity index (χ2v) is 8.58. The first-order valence-corrected chi connectivity index (χ1v) is 10.9. The van der Waals surface area contributed by atoms with E-state index in [2.05, 4.69) is 20.5 Å². The van der Waals surface area contributed by atoms with Crippen molar-refractivity contribution in [2.45, 2.75) is 32.0 Å². The highest BCUT2D eigenvalue weighted by molar-refractivity contribution is 5.79. The zero-order valence-corrected chi connectivity index (χ0v) is 17.3. The Morgan fingerprint density at radius 2 is 1.94 bits per heavy atom. The lowest BCUT2D eigenvalue weighted by Gasteiger charge is -2.49. The molecule has 3 saturated heterocycles. The van der Waals surface area contributed by atoms with Gasteiger partial charge in [0.25, 0.3) is 0 Å². The molecule has 1 unspecified atom stereocenters. The molecule has 6 nitrogen and oxygen atoms in total. The average molecular weight is 420 g/mol. The molecule has 0 saturated carbocycles. The Bertz CT molecular complexity index is 1040. The molecule has 0 aliphatic carbocycles. The van der Waals surface area contributed by atoms with Crippen molar-refractivity contribution in [1.29, 1.82) is 0 Å². The van der Waals surface area contributed by atoms with Crippen molar-refractivity contribution in [3.8, 4) is 11.3 Å². The van der Waals surface area contributed by atoms with Crippen LogP contribution in [0.2, 0.25) is 0 Å².